The van der Waals surface area contributed by atoms with Crippen molar-refractivity contribution in [2.24, 2.45) is 23.5 Å². The van der Waals surface area contributed by atoms with Crippen LogP contribution in [0.25, 0.3) is 10.9 Å². The topological polar surface area (TPSA) is 249 Å². The van der Waals surface area contributed by atoms with Crippen LogP contribution in [0.4, 0.5) is 5.69 Å². The maximum absolute atomic E-state index is 15.6. The zero-order valence-corrected chi connectivity index (χ0v) is 44.7. The summed E-state index contributed by atoms with van der Waals surface area (Å²) in [5, 5.41) is 23.0. The molecule has 0 aliphatic carbocycles. The molecule has 4 saturated heterocycles. The molecule has 0 radical (unpaired) electrons. The lowest BCUT2D eigenvalue weighted by atomic mass is 9.78. The third kappa shape index (κ3) is 9.06. The minimum Gasteiger partial charge on any atom is -0.508 e. The van der Waals surface area contributed by atoms with Crippen molar-refractivity contribution in [1.29, 1.82) is 0 Å². The van der Waals surface area contributed by atoms with Gasteiger partial charge in [0.25, 0.3) is 5.91 Å². The number of hydrogen-bond acceptors (Lipinski definition) is 10. The van der Waals surface area contributed by atoms with Gasteiger partial charge in [0.1, 0.15) is 59.7 Å². The fourth-order valence-electron chi connectivity index (χ4n) is 13.1. The molecule has 1 aromatic heterocycles. The highest BCUT2D eigenvalue weighted by molar-refractivity contribution is 6.09. The van der Waals surface area contributed by atoms with Crippen LogP contribution in [-0.2, 0) is 56.7 Å². The van der Waals surface area contributed by atoms with Gasteiger partial charge in [-0.25, -0.2) is 0 Å². The number of piperidine rings is 1. The number of para-hydroxylation sites is 2. The number of nitrogens with one attached hydrogen (secondary N) is 4. The third-order valence-corrected chi connectivity index (χ3v) is 17.7. The summed E-state index contributed by atoms with van der Waals surface area (Å²) in [4.78, 5) is 125. The fraction of sp³-hybridized carbons (Fsp3) is 0.517. The van der Waals surface area contributed by atoms with Crippen LogP contribution in [0.2, 0.25) is 0 Å². The van der Waals surface area contributed by atoms with Crippen molar-refractivity contribution < 1.29 is 43.5 Å². The summed E-state index contributed by atoms with van der Waals surface area (Å²) < 4.78 is 2.07. The molecule has 0 unspecified atom stereocenters. The summed E-state index contributed by atoms with van der Waals surface area (Å²) in [6.07, 6.45) is 3.75. The average Bonchev–Trinajstić information content (AvgIpc) is 4.47. The second kappa shape index (κ2) is 20.9. The van der Waals surface area contributed by atoms with Gasteiger partial charge in [0, 0.05) is 48.6 Å². The van der Waals surface area contributed by atoms with Crippen molar-refractivity contribution >= 4 is 63.8 Å². The maximum Gasteiger partial charge on any atom is 0.252 e. The molecule has 3 aromatic carbocycles. The van der Waals surface area contributed by atoms with Crippen LogP contribution in [0.3, 0.4) is 0 Å². The number of phenolic OH excluding ortho intramolecular Hbond substituents is 1. The number of nitrogens with two attached hydrogens (primary N) is 1. The first-order valence-electron chi connectivity index (χ1n) is 27.6. The van der Waals surface area contributed by atoms with E-state index in [1.54, 1.807) is 35.8 Å². The zero-order valence-electron chi connectivity index (χ0n) is 44.7. The summed E-state index contributed by atoms with van der Waals surface area (Å²) >= 11 is 0. The zero-order chi connectivity index (χ0) is 54.8. The number of phenols is 1. The van der Waals surface area contributed by atoms with Crippen molar-refractivity contribution in [1.82, 2.24) is 40.5 Å². The van der Waals surface area contributed by atoms with Gasteiger partial charge in [0.15, 0.2) is 0 Å². The number of hydrogen-bond donors (Lipinski definition) is 6. The molecular formula is C58H72N10O9. The summed E-state index contributed by atoms with van der Waals surface area (Å²) in [6.45, 7) is 11.6. The molecule has 4 fully saturated rings. The molecule has 19 heteroatoms. The number of carbonyl (C=O) groups is 8. The molecule has 8 amide bonds. The highest BCUT2D eigenvalue weighted by Crippen LogP contribution is 2.57. The van der Waals surface area contributed by atoms with Crippen LogP contribution in [0, 0.1) is 17.8 Å². The van der Waals surface area contributed by atoms with E-state index in [-0.39, 0.29) is 49.9 Å². The van der Waals surface area contributed by atoms with Gasteiger partial charge in [-0.3, -0.25) is 43.3 Å². The Kier molecular flexibility index (Phi) is 14.4. The second-order valence-electron chi connectivity index (χ2n) is 22.6. The highest BCUT2D eigenvalue weighted by atomic mass is 16.3. The summed E-state index contributed by atoms with van der Waals surface area (Å²) in [5.74, 6) is -5.09. The molecule has 408 valence electrons. The molecule has 12 atom stereocenters. The number of amides is 8. The van der Waals surface area contributed by atoms with Crippen LogP contribution in [0.1, 0.15) is 103 Å². The van der Waals surface area contributed by atoms with Crippen LogP contribution in [0.15, 0.2) is 79.0 Å². The monoisotopic (exact) mass is 1050 g/mol. The molecule has 1 spiro atoms. The van der Waals surface area contributed by atoms with Gasteiger partial charge < -0.3 is 51.4 Å². The summed E-state index contributed by atoms with van der Waals surface area (Å²) in [6, 6.07) is 13.1. The molecule has 77 heavy (non-hydrogen) atoms. The molecule has 6 aliphatic heterocycles. The number of benzene rings is 3. The first-order chi connectivity index (χ1) is 36.9. The molecule has 7 N–H and O–H groups in total. The Labute approximate surface area is 448 Å². The van der Waals surface area contributed by atoms with E-state index in [4.69, 9.17) is 5.73 Å². The van der Waals surface area contributed by atoms with Crippen molar-refractivity contribution in [3.8, 4) is 5.75 Å². The van der Waals surface area contributed by atoms with Gasteiger partial charge in [-0.2, -0.15) is 0 Å². The second-order valence-corrected chi connectivity index (χ2v) is 22.6. The first kappa shape index (κ1) is 53.1. The lowest BCUT2D eigenvalue weighted by Crippen LogP contribution is -2.68. The fourth-order valence-corrected chi connectivity index (χ4v) is 13.1. The number of aromatic nitrogens is 1. The van der Waals surface area contributed by atoms with Crippen LogP contribution < -0.4 is 31.9 Å². The number of anilines is 1. The third-order valence-electron chi connectivity index (χ3n) is 17.7. The van der Waals surface area contributed by atoms with Gasteiger partial charge in [0.2, 0.25) is 41.4 Å². The van der Waals surface area contributed by atoms with E-state index in [9.17, 15) is 29.1 Å². The van der Waals surface area contributed by atoms with E-state index in [1.165, 1.54) is 21.9 Å². The van der Waals surface area contributed by atoms with E-state index in [0.29, 0.717) is 60.9 Å². The van der Waals surface area contributed by atoms with Gasteiger partial charge in [-0.05, 0) is 85.3 Å². The Hall–Kier alpha value is -7.28. The average molecular weight is 1050 g/mol. The predicted octanol–water partition coefficient (Wildman–Crippen LogP) is 3.17. The molecule has 4 bridgehead atoms. The molecule has 0 saturated carbocycles. The molecular weight excluding hydrogens is 981 g/mol. The lowest BCUT2D eigenvalue weighted by Gasteiger charge is -2.49. The summed E-state index contributed by atoms with van der Waals surface area (Å²) in [5.41, 5.74) is 9.06. The Morgan fingerprint density at radius 3 is 1.90 bits per heavy atom. The molecule has 10 rings (SSSR count). The molecule has 19 nitrogen and oxygen atoms in total. The highest BCUT2D eigenvalue weighted by Gasteiger charge is 2.68. The van der Waals surface area contributed by atoms with E-state index in [1.807, 2.05) is 82.4 Å². The van der Waals surface area contributed by atoms with E-state index >= 15 is 14.4 Å². The van der Waals surface area contributed by atoms with Crippen molar-refractivity contribution in [2.45, 2.75) is 159 Å². The Morgan fingerprint density at radius 2 is 1.25 bits per heavy atom. The minimum absolute atomic E-state index is 0.0196. The Bertz CT molecular complexity index is 3010. The predicted molar refractivity (Wildman–Crippen MR) is 286 cm³/mol. The quantitative estimate of drug-likeness (QED) is 0.158. The first-order valence-corrected chi connectivity index (χ1v) is 27.6. The maximum atomic E-state index is 15.6. The molecule has 6 aliphatic rings. The van der Waals surface area contributed by atoms with Crippen molar-refractivity contribution in [2.75, 3.05) is 18.0 Å². The van der Waals surface area contributed by atoms with Gasteiger partial charge in [-0.15, -0.1) is 0 Å². The van der Waals surface area contributed by atoms with E-state index in [2.05, 4.69) is 25.8 Å². The number of aromatic hydroxyl groups is 1. The largest absolute Gasteiger partial charge is 0.508 e. The minimum atomic E-state index is -1.27. The number of fused-ring (bicyclic) bond motifs is 10. The molecule has 4 aromatic rings. The van der Waals surface area contributed by atoms with E-state index < -0.39 is 113 Å². The number of carbonyl (C=O) groups excluding carboxylic acids is 8. The SMILES string of the molecule is CC[C@H](C)[C@@H]1NC(=O)[C@@H]2CCCN2C(=O)[C@H](C(C)C)NC(=O)[C@@H]2CCCN2C(=O)[C@H]([C@@H](C)CC)NC(=O)[C@@H](N)Cc2cn(c3ccccc23)[C@]23C[C@H](NC1=O)C(=O)N1[C@@H](Cc4ccc(O)cc4)C(=O)N(c4ccccc42)[C@@H]13. The molecule has 7 heterocycles. The van der Waals surface area contributed by atoms with Gasteiger partial charge >= 0.3 is 0 Å². The van der Waals surface area contributed by atoms with Gasteiger partial charge in [-0.1, -0.05) is 103 Å². The smallest absolute Gasteiger partial charge is 0.252 e. The standard InChI is InChI=1S/C58H72N10O9/c1-7-32(5)47-52(73)60-40-29-58(38-16-10-12-18-42(38)67-54(75)45(68(53(40)74)57(58)67)27-34-21-23-36(69)24-22-34)66-30-35(37-15-9-11-17-41(37)66)28-39(59)49(70)63-48(33(6)8-2)56(77)65-26-14-19-43(65)50(71)61-46(31(3)4)55(76)64-25-13-20-44(64)51(72)62-47/h9-12,15-18,21-24,30-33,39-40,43-48,57,69H,7-8,13-14,19-20,25-29,59H2,1-6H3,(H,60,73)(H,61,71)(H,62,72)(H,63,70)/t32-,33-,39-,40-,43-,44-,45-,46-,47-,48-,57-,58+/m0/s1. The van der Waals surface area contributed by atoms with Gasteiger partial charge in [0.05, 0.1) is 11.7 Å². The lowest BCUT2D eigenvalue weighted by molar-refractivity contribution is -0.148. The van der Waals surface area contributed by atoms with Crippen LogP contribution in [0.5, 0.6) is 5.75 Å². The normalized spacial score (nSPS) is 30.0. The Balaban J connectivity index is 1.12. The van der Waals surface area contributed by atoms with Crippen molar-refractivity contribution in [3.05, 3.63) is 95.7 Å². The Morgan fingerprint density at radius 1 is 0.662 bits per heavy atom. The van der Waals surface area contributed by atoms with Crippen LogP contribution in [-0.4, -0.2) is 139 Å². The van der Waals surface area contributed by atoms with Crippen molar-refractivity contribution in [3.63, 3.8) is 0 Å². The number of nitrogens with zero attached hydrogens (tertiary/aromatic N) is 5. The number of rotatable bonds is 7. The van der Waals surface area contributed by atoms with Crippen LogP contribution >= 0.6 is 0 Å². The summed E-state index contributed by atoms with van der Waals surface area (Å²) in [7, 11) is 0. The van der Waals surface area contributed by atoms with E-state index in [0.717, 1.165) is 10.9 Å².